The van der Waals surface area contributed by atoms with E-state index in [-0.39, 0.29) is 24.2 Å². The standard InChI is InChI=1S/C24H23FN2O3S/c25-18-7-4-16(5-8-18)24-26-19(15-31-24)14-23(28)27-10-1-3-20(27)17-6-9-21-22(13-17)30-12-2-11-29-21/h4-9,13,15,20H,1-3,10-12,14H2/t20-/m1/s1. The van der Waals surface area contributed by atoms with E-state index in [2.05, 4.69) is 4.98 Å². The van der Waals surface area contributed by atoms with Crippen LogP contribution < -0.4 is 9.47 Å². The fourth-order valence-electron chi connectivity index (χ4n) is 4.17. The van der Waals surface area contributed by atoms with Gasteiger partial charge >= 0.3 is 0 Å². The van der Waals surface area contributed by atoms with Gasteiger partial charge in [0, 0.05) is 23.9 Å². The second-order valence-corrected chi connectivity index (χ2v) is 8.69. The van der Waals surface area contributed by atoms with E-state index in [1.807, 2.05) is 28.5 Å². The Kier molecular flexibility index (Phi) is 5.59. The number of likely N-dealkylation sites (tertiary alicyclic amines) is 1. The van der Waals surface area contributed by atoms with E-state index >= 15 is 0 Å². The summed E-state index contributed by atoms with van der Waals surface area (Å²) in [7, 11) is 0. The van der Waals surface area contributed by atoms with Crippen molar-refractivity contribution < 1.29 is 18.7 Å². The number of aromatic nitrogens is 1. The molecule has 0 aliphatic carbocycles. The van der Waals surface area contributed by atoms with Gasteiger partial charge in [0.2, 0.25) is 5.91 Å². The zero-order chi connectivity index (χ0) is 21.2. The number of hydrogen-bond acceptors (Lipinski definition) is 5. The number of halogens is 1. The van der Waals surface area contributed by atoms with Crippen LogP contribution in [-0.2, 0) is 11.2 Å². The first kappa shape index (κ1) is 20.0. The number of nitrogens with zero attached hydrogens (tertiary/aromatic N) is 2. The van der Waals surface area contributed by atoms with Crippen LogP contribution in [-0.4, -0.2) is 35.5 Å². The molecule has 2 aliphatic heterocycles. The molecule has 1 atom stereocenters. The highest BCUT2D eigenvalue weighted by molar-refractivity contribution is 7.13. The number of rotatable bonds is 4. The molecule has 0 N–H and O–H groups in total. The first-order chi connectivity index (χ1) is 15.2. The highest BCUT2D eigenvalue weighted by Crippen LogP contribution is 2.38. The number of fused-ring (bicyclic) bond motifs is 1. The summed E-state index contributed by atoms with van der Waals surface area (Å²) >= 11 is 1.47. The topological polar surface area (TPSA) is 51.7 Å². The molecular formula is C24H23FN2O3S. The normalized spacial score (nSPS) is 18.1. The lowest BCUT2D eigenvalue weighted by atomic mass is 10.0. The number of amides is 1. The van der Waals surface area contributed by atoms with Gasteiger partial charge < -0.3 is 14.4 Å². The van der Waals surface area contributed by atoms with Crippen LogP contribution in [0.5, 0.6) is 11.5 Å². The van der Waals surface area contributed by atoms with Gasteiger partial charge in [0.25, 0.3) is 0 Å². The largest absolute Gasteiger partial charge is 0.490 e. The van der Waals surface area contributed by atoms with E-state index in [0.717, 1.165) is 59.1 Å². The molecule has 2 aliphatic rings. The summed E-state index contributed by atoms with van der Waals surface area (Å²) in [5, 5.41) is 2.71. The first-order valence-electron chi connectivity index (χ1n) is 10.6. The van der Waals surface area contributed by atoms with Crippen LogP contribution in [0.3, 0.4) is 0 Å². The van der Waals surface area contributed by atoms with Gasteiger partial charge in [0.05, 0.1) is 31.4 Å². The zero-order valence-corrected chi connectivity index (χ0v) is 17.9. The molecule has 5 nitrogen and oxygen atoms in total. The average molecular weight is 439 g/mol. The Hall–Kier alpha value is -2.93. The van der Waals surface area contributed by atoms with Crippen molar-refractivity contribution in [1.82, 2.24) is 9.88 Å². The van der Waals surface area contributed by atoms with Crippen molar-refractivity contribution in [3.05, 3.63) is 64.9 Å². The molecule has 0 saturated carbocycles. The molecule has 0 bridgehead atoms. The van der Waals surface area contributed by atoms with Gasteiger partial charge in [-0.25, -0.2) is 9.37 Å². The molecule has 5 rings (SSSR count). The molecule has 2 aromatic carbocycles. The minimum Gasteiger partial charge on any atom is -0.490 e. The average Bonchev–Trinajstić information content (AvgIpc) is 3.39. The lowest BCUT2D eigenvalue weighted by Crippen LogP contribution is -2.31. The second-order valence-electron chi connectivity index (χ2n) is 7.83. The van der Waals surface area contributed by atoms with E-state index in [0.29, 0.717) is 13.2 Å². The van der Waals surface area contributed by atoms with Crippen LogP contribution in [0.2, 0.25) is 0 Å². The number of ether oxygens (including phenoxy) is 2. The number of benzene rings is 2. The molecular weight excluding hydrogens is 415 g/mol. The number of thiazole rings is 1. The van der Waals surface area contributed by atoms with Crippen LogP contribution in [0.1, 0.15) is 36.6 Å². The predicted molar refractivity (Wildman–Crippen MR) is 117 cm³/mol. The quantitative estimate of drug-likeness (QED) is 0.574. The predicted octanol–water partition coefficient (Wildman–Crippen LogP) is 5.02. The summed E-state index contributed by atoms with van der Waals surface area (Å²) in [6.07, 6.45) is 3.04. The van der Waals surface area contributed by atoms with Crippen LogP contribution in [0.15, 0.2) is 47.8 Å². The maximum absolute atomic E-state index is 13.2. The fraction of sp³-hybridized carbons (Fsp3) is 0.333. The molecule has 0 radical (unpaired) electrons. The highest BCUT2D eigenvalue weighted by atomic mass is 32.1. The monoisotopic (exact) mass is 438 g/mol. The third kappa shape index (κ3) is 4.28. The molecule has 160 valence electrons. The van der Waals surface area contributed by atoms with Crippen LogP contribution in [0.25, 0.3) is 10.6 Å². The lowest BCUT2D eigenvalue weighted by molar-refractivity contribution is -0.131. The molecule has 1 amide bonds. The number of hydrogen-bond donors (Lipinski definition) is 0. The Bertz CT molecular complexity index is 1080. The molecule has 7 heteroatoms. The van der Waals surface area contributed by atoms with Crippen molar-refractivity contribution in [2.75, 3.05) is 19.8 Å². The van der Waals surface area contributed by atoms with E-state index in [9.17, 15) is 9.18 Å². The molecule has 0 unspecified atom stereocenters. The summed E-state index contributed by atoms with van der Waals surface area (Å²) in [5.41, 5.74) is 2.69. The maximum atomic E-state index is 13.2. The van der Waals surface area contributed by atoms with E-state index in [1.54, 1.807) is 12.1 Å². The summed E-state index contributed by atoms with van der Waals surface area (Å²) in [4.78, 5) is 19.7. The van der Waals surface area contributed by atoms with Gasteiger partial charge in [-0.3, -0.25) is 4.79 Å². The van der Waals surface area contributed by atoms with Gasteiger partial charge in [-0.2, -0.15) is 0 Å². The first-order valence-corrected chi connectivity index (χ1v) is 11.4. The van der Waals surface area contributed by atoms with E-state index in [1.165, 1.54) is 23.5 Å². The molecule has 1 fully saturated rings. The summed E-state index contributed by atoms with van der Waals surface area (Å²) in [6.45, 7) is 2.05. The Balaban J connectivity index is 1.30. The van der Waals surface area contributed by atoms with Crippen molar-refractivity contribution in [3.63, 3.8) is 0 Å². The van der Waals surface area contributed by atoms with Crippen LogP contribution >= 0.6 is 11.3 Å². The van der Waals surface area contributed by atoms with E-state index in [4.69, 9.17) is 9.47 Å². The van der Waals surface area contributed by atoms with Gasteiger partial charge in [-0.1, -0.05) is 6.07 Å². The minimum atomic E-state index is -0.273. The van der Waals surface area contributed by atoms with Crippen molar-refractivity contribution in [3.8, 4) is 22.1 Å². The Morgan fingerprint density at radius 1 is 1.10 bits per heavy atom. The van der Waals surface area contributed by atoms with Crippen molar-refractivity contribution >= 4 is 17.2 Å². The Morgan fingerprint density at radius 3 is 2.74 bits per heavy atom. The highest BCUT2D eigenvalue weighted by Gasteiger charge is 2.31. The summed E-state index contributed by atoms with van der Waals surface area (Å²) in [5.74, 6) is 1.33. The van der Waals surface area contributed by atoms with Crippen molar-refractivity contribution in [2.45, 2.75) is 31.7 Å². The summed E-state index contributed by atoms with van der Waals surface area (Å²) < 4.78 is 24.7. The molecule has 1 saturated heterocycles. The van der Waals surface area contributed by atoms with E-state index < -0.39 is 0 Å². The lowest BCUT2D eigenvalue weighted by Gasteiger charge is -2.25. The maximum Gasteiger partial charge on any atom is 0.229 e. The summed E-state index contributed by atoms with van der Waals surface area (Å²) in [6, 6.07) is 12.3. The third-order valence-corrected chi connectivity index (χ3v) is 6.64. The minimum absolute atomic E-state index is 0.0415. The molecule has 31 heavy (non-hydrogen) atoms. The number of carbonyl (C=O) groups excluding carboxylic acids is 1. The third-order valence-electron chi connectivity index (χ3n) is 5.70. The molecule has 3 aromatic rings. The molecule has 1 aromatic heterocycles. The Morgan fingerprint density at radius 2 is 1.90 bits per heavy atom. The van der Waals surface area contributed by atoms with Crippen molar-refractivity contribution in [2.24, 2.45) is 0 Å². The van der Waals surface area contributed by atoms with Gasteiger partial charge in [0.15, 0.2) is 11.5 Å². The van der Waals surface area contributed by atoms with Crippen LogP contribution in [0, 0.1) is 5.82 Å². The molecule has 3 heterocycles. The fourth-order valence-corrected chi connectivity index (χ4v) is 4.99. The second kappa shape index (κ2) is 8.67. The van der Waals surface area contributed by atoms with Gasteiger partial charge in [-0.05, 0) is 54.8 Å². The number of carbonyl (C=O) groups is 1. The molecule has 0 spiro atoms. The smallest absolute Gasteiger partial charge is 0.229 e. The van der Waals surface area contributed by atoms with Gasteiger partial charge in [-0.15, -0.1) is 11.3 Å². The Labute approximate surface area is 184 Å². The van der Waals surface area contributed by atoms with Crippen molar-refractivity contribution in [1.29, 1.82) is 0 Å². The SMILES string of the molecule is O=C(Cc1csc(-c2ccc(F)cc2)n1)N1CCC[C@@H]1c1ccc2c(c1)OCCCO2. The zero-order valence-electron chi connectivity index (χ0n) is 17.1. The van der Waals surface area contributed by atoms with Gasteiger partial charge in [0.1, 0.15) is 10.8 Å². The van der Waals surface area contributed by atoms with Crippen LogP contribution in [0.4, 0.5) is 4.39 Å².